The molecular weight excluding hydrogens is 202 g/mol. The van der Waals surface area contributed by atoms with Gasteiger partial charge in [0.2, 0.25) is 0 Å². The van der Waals surface area contributed by atoms with Crippen molar-refractivity contribution in [2.75, 3.05) is 6.61 Å². The van der Waals surface area contributed by atoms with Crippen LogP contribution >= 0.6 is 11.6 Å². The van der Waals surface area contributed by atoms with E-state index in [1.165, 1.54) is 0 Å². The third kappa shape index (κ3) is 1.91. The van der Waals surface area contributed by atoms with E-state index in [0.29, 0.717) is 12.0 Å². The lowest BCUT2D eigenvalue weighted by Crippen LogP contribution is -2.13. The lowest BCUT2D eigenvalue weighted by atomic mass is 10.2. The maximum atomic E-state index is 5.71. The first kappa shape index (κ1) is 9.93. The van der Waals surface area contributed by atoms with Crippen LogP contribution in [0.5, 0.6) is 0 Å². The van der Waals surface area contributed by atoms with Gasteiger partial charge >= 0.3 is 0 Å². The minimum atomic E-state index is 0.320. The van der Waals surface area contributed by atoms with Gasteiger partial charge in [0.1, 0.15) is 11.6 Å². The van der Waals surface area contributed by atoms with Crippen molar-refractivity contribution < 1.29 is 4.74 Å². The molecule has 0 N–H and O–H groups in total. The largest absolute Gasteiger partial charge is 0.378 e. The molecular formula is C9H14ClN3O. The molecule has 0 bridgehead atoms. The summed E-state index contributed by atoms with van der Waals surface area (Å²) >= 11 is 5.71. The highest BCUT2D eigenvalue weighted by Crippen LogP contribution is 2.16. The summed E-state index contributed by atoms with van der Waals surface area (Å²) in [7, 11) is 1.95. The minimum absolute atomic E-state index is 0.320. The SMILES string of the molecule is Cn1c(CCl)nnc1CC1CCCO1. The normalized spacial score (nSPS) is 21.7. The van der Waals surface area contributed by atoms with Gasteiger partial charge in [0.05, 0.1) is 12.0 Å². The zero-order chi connectivity index (χ0) is 9.97. The van der Waals surface area contributed by atoms with Crippen molar-refractivity contribution in [3.63, 3.8) is 0 Å². The van der Waals surface area contributed by atoms with Gasteiger partial charge in [-0.3, -0.25) is 0 Å². The van der Waals surface area contributed by atoms with E-state index in [4.69, 9.17) is 16.3 Å². The Balaban J connectivity index is 2.04. The van der Waals surface area contributed by atoms with Crippen LogP contribution in [0.1, 0.15) is 24.5 Å². The summed E-state index contributed by atoms with van der Waals surface area (Å²) in [5.41, 5.74) is 0. The quantitative estimate of drug-likeness (QED) is 0.714. The second-order valence-electron chi connectivity index (χ2n) is 3.56. The molecule has 1 atom stereocenters. The number of hydrogen-bond acceptors (Lipinski definition) is 3. The van der Waals surface area contributed by atoms with Crippen molar-refractivity contribution in [2.24, 2.45) is 7.05 Å². The number of halogens is 1. The summed E-state index contributed by atoms with van der Waals surface area (Å²) in [5, 5.41) is 8.10. The molecule has 0 spiro atoms. The molecule has 1 aliphatic heterocycles. The minimum Gasteiger partial charge on any atom is -0.378 e. The first-order chi connectivity index (χ1) is 6.81. The van der Waals surface area contributed by atoms with Crippen LogP contribution in [0.15, 0.2) is 0 Å². The third-order valence-corrected chi connectivity index (χ3v) is 2.85. The number of nitrogens with zero attached hydrogens (tertiary/aromatic N) is 3. The van der Waals surface area contributed by atoms with Crippen molar-refractivity contribution in [3.05, 3.63) is 11.6 Å². The second kappa shape index (κ2) is 4.28. The van der Waals surface area contributed by atoms with E-state index in [2.05, 4.69) is 10.2 Å². The molecule has 4 nitrogen and oxygen atoms in total. The Labute approximate surface area is 88.2 Å². The molecule has 0 saturated carbocycles. The van der Waals surface area contributed by atoms with Crippen molar-refractivity contribution in [1.29, 1.82) is 0 Å². The van der Waals surface area contributed by atoms with Gasteiger partial charge in [-0.2, -0.15) is 0 Å². The lowest BCUT2D eigenvalue weighted by Gasteiger charge is -2.08. The van der Waals surface area contributed by atoms with Crippen LogP contribution in [0.4, 0.5) is 0 Å². The summed E-state index contributed by atoms with van der Waals surface area (Å²) in [4.78, 5) is 0. The smallest absolute Gasteiger partial charge is 0.147 e. The highest BCUT2D eigenvalue weighted by atomic mass is 35.5. The van der Waals surface area contributed by atoms with Crippen LogP contribution in [0.3, 0.4) is 0 Å². The van der Waals surface area contributed by atoms with E-state index in [0.717, 1.165) is 37.5 Å². The van der Waals surface area contributed by atoms with E-state index in [9.17, 15) is 0 Å². The number of alkyl halides is 1. The van der Waals surface area contributed by atoms with Gasteiger partial charge in [-0.1, -0.05) is 0 Å². The first-order valence-electron chi connectivity index (χ1n) is 4.86. The van der Waals surface area contributed by atoms with Crippen LogP contribution in [-0.4, -0.2) is 27.5 Å². The third-order valence-electron chi connectivity index (χ3n) is 2.61. The Kier molecular flexibility index (Phi) is 3.03. The van der Waals surface area contributed by atoms with E-state index in [-0.39, 0.29) is 0 Å². The van der Waals surface area contributed by atoms with Gasteiger partial charge in [0.15, 0.2) is 0 Å². The molecule has 0 radical (unpaired) electrons. The Hall–Kier alpha value is -0.610. The molecule has 0 aromatic carbocycles. The van der Waals surface area contributed by atoms with Gasteiger partial charge in [-0.25, -0.2) is 0 Å². The molecule has 1 aromatic rings. The molecule has 1 unspecified atom stereocenters. The van der Waals surface area contributed by atoms with E-state index >= 15 is 0 Å². The maximum absolute atomic E-state index is 5.71. The summed E-state index contributed by atoms with van der Waals surface area (Å²) in [6.07, 6.45) is 3.45. The van der Waals surface area contributed by atoms with Gasteiger partial charge < -0.3 is 9.30 Å². The second-order valence-corrected chi connectivity index (χ2v) is 3.83. The molecule has 1 saturated heterocycles. The number of hydrogen-bond donors (Lipinski definition) is 0. The maximum Gasteiger partial charge on any atom is 0.147 e. The van der Waals surface area contributed by atoms with Crippen molar-refractivity contribution in [2.45, 2.75) is 31.2 Å². The van der Waals surface area contributed by atoms with E-state index in [1.807, 2.05) is 11.6 Å². The molecule has 2 heterocycles. The highest BCUT2D eigenvalue weighted by molar-refractivity contribution is 6.16. The molecule has 14 heavy (non-hydrogen) atoms. The van der Waals surface area contributed by atoms with Crippen molar-refractivity contribution in [1.82, 2.24) is 14.8 Å². The fraction of sp³-hybridized carbons (Fsp3) is 0.778. The molecule has 1 fully saturated rings. The molecule has 5 heteroatoms. The average molecular weight is 216 g/mol. The number of ether oxygens (including phenoxy) is 1. The van der Waals surface area contributed by atoms with Gasteiger partial charge in [0, 0.05) is 20.1 Å². The fourth-order valence-electron chi connectivity index (χ4n) is 1.70. The Morgan fingerprint density at radius 1 is 1.50 bits per heavy atom. The van der Waals surface area contributed by atoms with Gasteiger partial charge in [-0.15, -0.1) is 21.8 Å². The summed E-state index contributed by atoms with van der Waals surface area (Å²) in [6, 6.07) is 0. The average Bonchev–Trinajstić information content (AvgIpc) is 2.79. The predicted octanol–water partition coefficient (Wildman–Crippen LogP) is 1.28. The van der Waals surface area contributed by atoms with Crippen LogP contribution < -0.4 is 0 Å². The monoisotopic (exact) mass is 215 g/mol. The Morgan fingerprint density at radius 3 is 2.86 bits per heavy atom. The Bertz CT molecular complexity index is 307. The van der Waals surface area contributed by atoms with Crippen molar-refractivity contribution in [3.8, 4) is 0 Å². The molecule has 78 valence electrons. The zero-order valence-electron chi connectivity index (χ0n) is 8.24. The van der Waals surface area contributed by atoms with Crippen molar-refractivity contribution >= 4 is 11.6 Å². The fourth-order valence-corrected chi connectivity index (χ4v) is 1.93. The van der Waals surface area contributed by atoms with Crippen LogP contribution in [-0.2, 0) is 24.1 Å². The molecule has 1 aliphatic rings. The number of aromatic nitrogens is 3. The highest BCUT2D eigenvalue weighted by Gasteiger charge is 2.19. The topological polar surface area (TPSA) is 39.9 Å². The van der Waals surface area contributed by atoms with E-state index < -0.39 is 0 Å². The molecule has 0 amide bonds. The van der Waals surface area contributed by atoms with Crippen LogP contribution in [0, 0.1) is 0 Å². The molecule has 2 rings (SSSR count). The van der Waals surface area contributed by atoms with E-state index in [1.54, 1.807) is 0 Å². The molecule has 1 aromatic heterocycles. The lowest BCUT2D eigenvalue weighted by molar-refractivity contribution is 0.109. The predicted molar refractivity (Wildman–Crippen MR) is 53.2 cm³/mol. The first-order valence-corrected chi connectivity index (χ1v) is 5.39. The Morgan fingerprint density at radius 2 is 2.29 bits per heavy atom. The molecule has 0 aliphatic carbocycles. The summed E-state index contributed by atoms with van der Waals surface area (Å²) < 4.78 is 7.49. The van der Waals surface area contributed by atoms with Crippen LogP contribution in [0.2, 0.25) is 0 Å². The standard InChI is InChI=1S/C9H14ClN3O/c1-13-8(11-12-9(13)6-10)5-7-3-2-4-14-7/h7H,2-6H2,1H3. The number of rotatable bonds is 3. The van der Waals surface area contributed by atoms with Crippen LogP contribution in [0.25, 0.3) is 0 Å². The van der Waals surface area contributed by atoms with Gasteiger partial charge in [-0.05, 0) is 12.8 Å². The zero-order valence-corrected chi connectivity index (χ0v) is 9.00. The summed E-state index contributed by atoms with van der Waals surface area (Å²) in [6.45, 7) is 0.880. The summed E-state index contributed by atoms with van der Waals surface area (Å²) in [5.74, 6) is 2.20. The van der Waals surface area contributed by atoms with Gasteiger partial charge in [0.25, 0.3) is 0 Å².